The number of carbonyl (C=O) groups excluding carboxylic acids is 4. The van der Waals surface area contributed by atoms with Gasteiger partial charge in [0, 0.05) is 34.9 Å². The quantitative estimate of drug-likeness (QED) is 0.0600. The van der Waals surface area contributed by atoms with E-state index in [4.69, 9.17) is 5.11 Å². The van der Waals surface area contributed by atoms with Crippen LogP contribution in [0.1, 0.15) is 186 Å². The van der Waals surface area contributed by atoms with Crippen LogP contribution in [0.15, 0.2) is 520 Å². The van der Waals surface area contributed by atoms with E-state index in [-0.39, 0.29) is 88.6 Å². The summed E-state index contributed by atoms with van der Waals surface area (Å²) in [4.78, 5) is 71.0. The molecule has 0 heterocycles. The maximum atomic E-state index is 12.0. The summed E-state index contributed by atoms with van der Waals surface area (Å²) in [5.74, 6) is -2.77. The van der Waals surface area contributed by atoms with Gasteiger partial charge in [-0.15, -0.1) is 0 Å². The molecule has 17 aromatic carbocycles. The maximum Gasteiger partial charge on any atom is 0.335 e. The highest BCUT2D eigenvalue weighted by Crippen LogP contribution is 2.60. The number of hydrogen-bond donors (Lipinski definition) is 1. The third kappa shape index (κ3) is 30.9. The summed E-state index contributed by atoms with van der Waals surface area (Å²) in [5.41, 5.74) is 7.35. The number of benzene rings is 17. The molecule has 1 N–H and O–H groups in total. The van der Waals surface area contributed by atoms with Gasteiger partial charge in [0.2, 0.25) is 0 Å². The second-order valence-corrected chi connectivity index (χ2v) is 49.0. The van der Waals surface area contributed by atoms with E-state index in [1.165, 1.54) is 131 Å². The molecule has 0 aliphatic heterocycles. The molecule has 4 bridgehead atoms. The van der Waals surface area contributed by atoms with Crippen LogP contribution >= 0.6 is 0 Å². The molecule has 14 heteroatoms. The first kappa shape index (κ1) is 109. The lowest BCUT2D eigenvalue weighted by molar-refractivity contribution is -0.327. The summed E-state index contributed by atoms with van der Waals surface area (Å²) >= 11 is 0. The van der Waals surface area contributed by atoms with E-state index in [0.717, 1.165) is 35.6 Å². The minimum atomic E-state index is -1.28. The first-order valence-electron chi connectivity index (χ1n) is 49.6. The smallest absolute Gasteiger partial charge is 0.335 e. The Morgan fingerprint density at radius 3 is 0.740 bits per heavy atom. The fraction of sp³-hybridized carbons (Fsp3) is 0.205. The Hall–Kier alpha value is -14.3. The Bertz CT molecular complexity index is 6580. The number of aromatic carboxylic acids is 2. The van der Waals surface area contributed by atoms with Crippen LogP contribution in [0.5, 0.6) is 5.75 Å². The Labute approximate surface area is 875 Å². The second kappa shape index (κ2) is 51.5. The molecule has 0 radical (unpaired) electrons. The molecule has 4 aliphatic carbocycles. The van der Waals surface area contributed by atoms with Gasteiger partial charge in [0.05, 0.1) is 55.1 Å². The van der Waals surface area contributed by atoms with Gasteiger partial charge in [-0.05, 0) is 280 Å². The van der Waals surface area contributed by atoms with Gasteiger partial charge >= 0.3 is 5.97 Å². The fourth-order valence-corrected chi connectivity index (χ4v) is 26.8. The van der Waals surface area contributed by atoms with E-state index < -0.39 is 35.0 Å². The Balaban J connectivity index is 0.000000142. The molecule has 10 nitrogen and oxygen atoms in total. The van der Waals surface area contributed by atoms with Crippen molar-refractivity contribution in [3.8, 4) is 5.75 Å². The van der Waals surface area contributed by atoms with E-state index >= 15 is 0 Å². The molecular formula is C132H130O10S4. The molecule has 0 saturated heterocycles. The molecule has 17 aromatic rings. The number of hydrogen-bond acceptors (Lipinski definition) is 9. The van der Waals surface area contributed by atoms with Crippen molar-refractivity contribution in [1.29, 1.82) is 0 Å². The molecule has 0 spiro atoms. The van der Waals surface area contributed by atoms with Crippen LogP contribution in [0.4, 0.5) is 0 Å². The zero-order valence-corrected chi connectivity index (χ0v) is 88.6. The molecule has 4 fully saturated rings. The van der Waals surface area contributed by atoms with Crippen LogP contribution in [-0.2, 0) is 81.2 Å². The topological polar surface area (TPSA) is 198 Å². The van der Waals surface area contributed by atoms with E-state index in [1.54, 1.807) is 72.8 Å². The molecule has 0 amide bonds. The van der Waals surface area contributed by atoms with E-state index in [9.17, 15) is 44.4 Å². The molecule has 0 atom stereocenters. The van der Waals surface area contributed by atoms with Crippen LogP contribution in [0.25, 0.3) is 10.8 Å². The van der Waals surface area contributed by atoms with Gasteiger partial charge in [-0.2, -0.15) is 0 Å². The number of rotatable bonds is 19. The fourth-order valence-electron chi connectivity index (χ4n) is 18.5. The lowest BCUT2D eigenvalue weighted by Gasteiger charge is -2.57. The van der Waals surface area contributed by atoms with Crippen LogP contribution in [0, 0.1) is 23.2 Å². The van der Waals surface area contributed by atoms with Crippen molar-refractivity contribution < 1.29 is 49.5 Å². The van der Waals surface area contributed by atoms with Crippen LogP contribution < -0.4 is 20.4 Å². The van der Waals surface area contributed by atoms with Crippen LogP contribution in [0.3, 0.4) is 0 Å². The number of aliphatic carboxylic acids is 2. The first-order valence-corrected chi connectivity index (χ1v) is 54.5. The summed E-state index contributed by atoms with van der Waals surface area (Å²) in [6.07, 6.45) is 6.65. The predicted molar refractivity (Wildman–Crippen MR) is 593 cm³/mol. The molecule has 0 aromatic heterocycles. The van der Waals surface area contributed by atoms with Crippen molar-refractivity contribution in [3.05, 3.63) is 511 Å². The summed E-state index contributed by atoms with van der Waals surface area (Å²) in [7, 11) is -0.199. The summed E-state index contributed by atoms with van der Waals surface area (Å²) < 4.78 is 0. The Kier molecular flexibility index (Phi) is 38.4. The standard InChI is InChI=1S/C26H31S.2C22H23S.C18H15S.C14H10O3.C11H8O3.C11H16O2.C8H8O2/c1-25(2,3)20-12-16-23(17-13-20)27(22-10-8-7-9-11-22)24-18-14-21(15-19-24)26(4,5)6;2*1-22(2,3)18-14-16-21(17-15-18)23(19-10-6-4-7-11-19)20-12-8-5-9-13-20;1-4-10-16(11-5-1)19(17-12-6-2-7-13-17)18-14-8-3-9-15-18;15-13(10-5-2-1-3-6-10)11-7-4-8-12(9-11)14(16)17;12-10-6-8-4-2-1-3-7(8)5-9(10)11(13)14;12-10(13)11-4-7-1-8(5-11)3-9(2-7)6-11;9-8(10)6-7-4-2-1-3-5-7/h7-19H,1-6H3;2*4-17H,1-3H3;1-15H;1-9H,(H,16,17);1-6,12H,(H,13,14);7-9H,1-6H2,(H,12,13);1-5H,6H2,(H,9,10)/q4*+1;;;;/p-4. The largest absolute Gasteiger partial charge is 0.872 e. The van der Waals surface area contributed by atoms with Gasteiger partial charge in [0.25, 0.3) is 0 Å². The van der Waals surface area contributed by atoms with Crippen LogP contribution in [-0.4, -0.2) is 34.8 Å². The van der Waals surface area contributed by atoms with Gasteiger partial charge in [-0.3, -0.25) is 4.79 Å². The molecule has 21 rings (SSSR count). The van der Waals surface area contributed by atoms with Crippen molar-refractivity contribution >= 4 is 84.0 Å². The van der Waals surface area contributed by atoms with Crippen molar-refractivity contribution in [2.45, 2.75) is 208 Å². The normalized spacial score (nSPS) is 14.8. The second-order valence-electron chi connectivity index (χ2n) is 40.9. The van der Waals surface area contributed by atoms with Gasteiger partial charge in [-0.1, -0.05) is 392 Å². The predicted octanol–water partition coefficient (Wildman–Crippen LogP) is 28.1. The van der Waals surface area contributed by atoms with E-state index in [1.807, 2.05) is 18.2 Å². The molecule has 146 heavy (non-hydrogen) atoms. The monoisotopic (exact) mass is 2000 g/mol. The average Bonchev–Trinajstić information content (AvgIpc) is 0.740. The number of fused-ring (bicyclic) bond motifs is 1. The average molecular weight is 2000 g/mol. The van der Waals surface area contributed by atoms with Gasteiger partial charge in [0.15, 0.2) is 64.5 Å². The highest BCUT2D eigenvalue weighted by Gasteiger charge is 2.52. The number of carboxylic acid groups (broad SMARTS) is 4. The number of ketones is 1. The number of carbonyl (C=O) groups is 5. The van der Waals surface area contributed by atoms with Crippen molar-refractivity contribution in [3.63, 3.8) is 0 Å². The Morgan fingerprint density at radius 2 is 0.500 bits per heavy atom. The molecule has 0 unspecified atom stereocenters. The summed E-state index contributed by atoms with van der Waals surface area (Å²) in [5, 5.41) is 53.4. The summed E-state index contributed by atoms with van der Waals surface area (Å²) in [6.45, 7) is 27.2. The van der Waals surface area contributed by atoms with E-state index in [0.29, 0.717) is 28.9 Å². The van der Waals surface area contributed by atoms with Gasteiger partial charge in [0.1, 0.15) is 0 Å². The summed E-state index contributed by atoms with van der Waals surface area (Å²) in [6, 6.07) is 156. The minimum absolute atomic E-state index is 0.000833. The molecule has 4 aliphatic rings. The van der Waals surface area contributed by atoms with Gasteiger partial charge < -0.3 is 39.9 Å². The van der Waals surface area contributed by atoms with Crippen molar-refractivity contribution in [2.75, 3.05) is 0 Å². The SMILES string of the molecule is CC(C)(C)c1ccc([S+](c2ccccc2)c2ccc(C(C)(C)C)cc2)cc1.CC(C)(C)c1ccc([S+](c2ccccc2)c2ccccc2)cc1.CC(C)(C)c1ccc([S+](c2ccccc2)c2ccccc2)cc1.O=C(O)c1cc2ccccc2cc1[O-].O=C([O-])C12CC3CC(CC(C3)C1)C2.O=C([O-])Cc1ccccc1.O=C([O-])c1cccc(C(=O)c2ccccc2)c1.c1ccc([S+](c2ccccc2)c2ccccc2)cc1. The molecule has 4 saturated carbocycles. The van der Waals surface area contributed by atoms with Crippen molar-refractivity contribution in [2.24, 2.45) is 23.2 Å². The molecule has 742 valence electrons. The van der Waals surface area contributed by atoms with Gasteiger partial charge in [-0.25, -0.2) is 4.79 Å². The maximum absolute atomic E-state index is 12.0. The highest BCUT2D eigenvalue weighted by atomic mass is 32.2. The van der Waals surface area contributed by atoms with Crippen LogP contribution in [0.2, 0.25) is 0 Å². The zero-order chi connectivity index (χ0) is 104. The Morgan fingerprint density at radius 1 is 0.274 bits per heavy atom. The minimum Gasteiger partial charge on any atom is -0.872 e. The highest BCUT2D eigenvalue weighted by molar-refractivity contribution is 7.98. The third-order valence-corrected chi connectivity index (χ3v) is 34.7. The third-order valence-electron chi connectivity index (χ3n) is 25.8. The van der Waals surface area contributed by atoms with E-state index in [2.05, 4.69) is 423 Å². The lowest BCUT2D eigenvalue weighted by Crippen LogP contribution is -2.54. The first-order chi connectivity index (χ1) is 70.0. The number of carboxylic acids is 4. The lowest BCUT2D eigenvalue weighted by atomic mass is 9.49. The van der Waals surface area contributed by atoms with Crippen molar-refractivity contribution in [1.82, 2.24) is 0 Å². The molecular weight excluding hydrogens is 1870 g/mol. The zero-order valence-electron chi connectivity index (χ0n) is 85.3.